The van der Waals surface area contributed by atoms with Gasteiger partial charge in [-0.1, -0.05) is 263 Å². The molecular formula is C61H117NO5. The van der Waals surface area contributed by atoms with Crippen molar-refractivity contribution >= 4 is 11.9 Å². The van der Waals surface area contributed by atoms with Crippen LogP contribution in [0.4, 0.5) is 0 Å². The van der Waals surface area contributed by atoms with E-state index in [1.807, 2.05) is 0 Å². The zero-order valence-electron chi connectivity index (χ0n) is 45.1. The molecule has 0 spiro atoms. The molecule has 1 amide bonds. The summed E-state index contributed by atoms with van der Waals surface area (Å²) in [5.41, 5.74) is 0. The second kappa shape index (κ2) is 56.9. The van der Waals surface area contributed by atoms with E-state index in [9.17, 15) is 19.8 Å². The first-order valence-electron chi connectivity index (χ1n) is 30.1. The lowest BCUT2D eigenvalue weighted by Crippen LogP contribution is -2.45. The molecule has 396 valence electrons. The van der Waals surface area contributed by atoms with E-state index in [0.29, 0.717) is 25.9 Å². The van der Waals surface area contributed by atoms with Crippen LogP contribution in [0.1, 0.15) is 328 Å². The highest BCUT2D eigenvalue weighted by Crippen LogP contribution is 2.17. The van der Waals surface area contributed by atoms with Gasteiger partial charge in [-0.15, -0.1) is 0 Å². The molecule has 0 rings (SSSR count). The molecule has 0 saturated heterocycles. The SMILES string of the molecule is CCCCCCC/C=C\CCCCCCCC(=O)OCCCCCCCCCCCCCC/C=C\CCCCCCCCCCCCC(=O)NC(CO)C(O)CCCCCCCCCCCC. The molecule has 0 aromatic carbocycles. The van der Waals surface area contributed by atoms with Gasteiger partial charge < -0.3 is 20.3 Å². The number of rotatable bonds is 56. The quantitative estimate of drug-likeness (QED) is 0.0321. The van der Waals surface area contributed by atoms with Crippen molar-refractivity contribution in [1.82, 2.24) is 5.32 Å². The summed E-state index contributed by atoms with van der Waals surface area (Å²) in [6.45, 7) is 4.94. The predicted molar refractivity (Wildman–Crippen MR) is 292 cm³/mol. The predicted octanol–water partition coefficient (Wildman–Crippen LogP) is 18.6. The van der Waals surface area contributed by atoms with E-state index < -0.39 is 12.1 Å². The number of allylic oxidation sites excluding steroid dienone is 4. The highest BCUT2D eigenvalue weighted by atomic mass is 16.5. The van der Waals surface area contributed by atoms with E-state index in [2.05, 4.69) is 43.5 Å². The highest BCUT2D eigenvalue weighted by Gasteiger charge is 2.20. The zero-order valence-corrected chi connectivity index (χ0v) is 45.1. The number of nitrogens with one attached hydrogen (secondary N) is 1. The number of hydrogen-bond acceptors (Lipinski definition) is 5. The zero-order chi connectivity index (χ0) is 48.6. The second-order valence-corrected chi connectivity index (χ2v) is 20.7. The molecule has 2 atom stereocenters. The number of aliphatic hydroxyl groups excluding tert-OH is 2. The summed E-state index contributed by atoms with van der Waals surface area (Å²) in [7, 11) is 0. The Morgan fingerprint density at radius 2 is 0.701 bits per heavy atom. The number of unbranched alkanes of at least 4 members (excludes halogenated alkanes) is 41. The average Bonchev–Trinajstić information content (AvgIpc) is 3.33. The van der Waals surface area contributed by atoms with Crippen LogP contribution >= 0.6 is 0 Å². The lowest BCUT2D eigenvalue weighted by molar-refractivity contribution is -0.143. The molecule has 0 fully saturated rings. The number of ether oxygens (including phenoxy) is 1. The van der Waals surface area contributed by atoms with Crippen molar-refractivity contribution in [2.75, 3.05) is 13.2 Å². The van der Waals surface area contributed by atoms with Crippen LogP contribution in [0.3, 0.4) is 0 Å². The van der Waals surface area contributed by atoms with Gasteiger partial charge in [-0.05, 0) is 77.0 Å². The van der Waals surface area contributed by atoms with Crippen LogP contribution in [0.5, 0.6) is 0 Å². The van der Waals surface area contributed by atoms with Gasteiger partial charge in [0.1, 0.15) is 0 Å². The molecule has 0 bridgehead atoms. The minimum absolute atomic E-state index is 0.00580. The minimum atomic E-state index is -0.663. The fourth-order valence-corrected chi connectivity index (χ4v) is 9.34. The smallest absolute Gasteiger partial charge is 0.305 e. The normalized spacial score (nSPS) is 12.7. The molecule has 2 unspecified atom stereocenters. The number of esters is 1. The molecule has 0 aromatic heterocycles. The molecule has 6 heteroatoms. The number of aliphatic hydroxyl groups is 2. The van der Waals surface area contributed by atoms with Gasteiger partial charge in [0.05, 0.1) is 25.4 Å². The van der Waals surface area contributed by atoms with Gasteiger partial charge in [0.15, 0.2) is 0 Å². The van der Waals surface area contributed by atoms with Crippen molar-refractivity contribution in [3.63, 3.8) is 0 Å². The standard InChI is InChI=1S/C61H117NO5/c1-3-5-7-9-11-13-15-16-32-35-39-43-47-51-55-61(66)67-56-52-48-44-40-36-33-30-28-26-24-22-20-18-17-19-21-23-25-27-29-31-34-38-42-46-50-54-60(65)62-58(57-63)59(64)53-49-45-41-37-14-12-10-8-6-4-2/h15-17,19,58-59,63-64H,3-14,18,20-57H2,1-2H3,(H,62,65)/b16-15-,19-17-. The fraction of sp³-hybridized carbons (Fsp3) is 0.902. The van der Waals surface area contributed by atoms with Crippen LogP contribution in [0.2, 0.25) is 0 Å². The van der Waals surface area contributed by atoms with Gasteiger partial charge in [-0.3, -0.25) is 9.59 Å². The van der Waals surface area contributed by atoms with Crippen LogP contribution in [0.15, 0.2) is 24.3 Å². The van der Waals surface area contributed by atoms with E-state index in [0.717, 1.165) is 44.9 Å². The Bertz CT molecular complexity index is 1040. The van der Waals surface area contributed by atoms with Gasteiger partial charge in [0.2, 0.25) is 5.91 Å². The van der Waals surface area contributed by atoms with Gasteiger partial charge in [-0.2, -0.15) is 0 Å². The van der Waals surface area contributed by atoms with Crippen molar-refractivity contribution in [3.8, 4) is 0 Å². The maximum atomic E-state index is 12.4. The minimum Gasteiger partial charge on any atom is -0.466 e. The molecule has 0 aliphatic rings. The fourth-order valence-electron chi connectivity index (χ4n) is 9.34. The summed E-state index contributed by atoms with van der Waals surface area (Å²) in [5, 5.41) is 23.1. The monoisotopic (exact) mass is 944 g/mol. The van der Waals surface area contributed by atoms with Crippen LogP contribution in [0.25, 0.3) is 0 Å². The lowest BCUT2D eigenvalue weighted by atomic mass is 10.0. The first-order chi connectivity index (χ1) is 33.0. The molecule has 0 radical (unpaired) electrons. The van der Waals surface area contributed by atoms with E-state index in [1.165, 1.54) is 250 Å². The van der Waals surface area contributed by atoms with Crippen LogP contribution in [0, 0.1) is 0 Å². The number of amides is 1. The largest absolute Gasteiger partial charge is 0.466 e. The van der Waals surface area contributed by atoms with Gasteiger partial charge in [0, 0.05) is 12.8 Å². The summed E-state index contributed by atoms with van der Waals surface area (Å²) in [4.78, 5) is 24.5. The van der Waals surface area contributed by atoms with E-state index in [4.69, 9.17) is 4.74 Å². The van der Waals surface area contributed by atoms with Gasteiger partial charge in [0.25, 0.3) is 0 Å². The maximum absolute atomic E-state index is 12.4. The topological polar surface area (TPSA) is 95.9 Å². The van der Waals surface area contributed by atoms with Crippen LogP contribution < -0.4 is 5.32 Å². The van der Waals surface area contributed by atoms with Gasteiger partial charge >= 0.3 is 5.97 Å². The third-order valence-electron chi connectivity index (χ3n) is 14.0. The molecular weight excluding hydrogens is 827 g/mol. The van der Waals surface area contributed by atoms with Crippen molar-refractivity contribution in [3.05, 3.63) is 24.3 Å². The summed E-state index contributed by atoms with van der Waals surface area (Å²) < 4.78 is 5.48. The van der Waals surface area contributed by atoms with E-state index >= 15 is 0 Å². The van der Waals surface area contributed by atoms with Crippen molar-refractivity contribution in [1.29, 1.82) is 0 Å². The Balaban J connectivity index is 3.36. The molecule has 0 aliphatic heterocycles. The highest BCUT2D eigenvalue weighted by molar-refractivity contribution is 5.76. The summed E-state index contributed by atoms with van der Waals surface area (Å²) in [5.74, 6) is -0.0320. The first-order valence-corrected chi connectivity index (χ1v) is 30.1. The first kappa shape index (κ1) is 65.3. The Morgan fingerprint density at radius 3 is 1.06 bits per heavy atom. The van der Waals surface area contributed by atoms with Crippen molar-refractivity contribution in [2.24, 2.45) is 0 Å². The van der Waals surface area contributed by atoms with Crippen LogP contribution in [-0.2, 0) is 14.3 Å². The molecule has 0 heterocycles. The molecule has 0 saturated carbocycles. The maximum Gasteiger partial charge on any atom is 0.305 e. The van der Waals surface area contributed by atoms with E-state index in [-0.39, 0.29) is 18.5 Å². The Labute approximate surface area is 418 Å². The van der Waals surface area contributed by atoms with E-state index in [1.54, 1.807) is 0 Å². The molecule has 3 N–H and O–H groups in total. The van der Waals surface area contributed by atoms with Crippen molar-refractivity contribution in [2.45, 2.75) is 341 Å². The number of carbonyl (C=O) groups is 2. The lowest BCUT2D eigenvalue weighted by Gasteiger charge is -2.22. The van der Waals surface area contributed by atoms with Crippen molar-refractivity contribution < 1.29 is 24.5 Å². The third kappa shape index (κ3) is 53.5. The molecule has 0 aliphatic carbocycles. The second-order valence-electron chi connectivity index (χ2n) is 20.7. The number of hydrogen-bond donors (Lipinski definition) is 3. The Hall–Kier alpha value is -1.66. The third-order valence-corrected chi connectivity index (χ3v) is 14.0. The summed E-state index contributed by atoms with van der Waals surface area (Å²) >= 11 is 0. The van der Waals surface area contributed by atoms with Gasteiger partial charge in [-0.25, -0.2) is 0 Å². The summed E-state index contributed by atoms with van der Waals surface area (Å²) in [6, 6.07) is -0.541. The molecule has 0 aromatic rings. The Kier molecular flexibility index (Phi) is 55.5. The molecule has 67 heavy (non-hydrogen) atoms. The molecule has 6 nitrogen and oxygen atoms in total. The summed E-state index contributed by atoms with van der Waals surface area (Å²) in [6.07, 6.45) is 69.1. The van der Waals surface area contributed by atoms with Crippen LogP contribution in [-0.4, -0.2) is 47.4 Å². The average molecular weight is 945 g/mol. The Morgan fingerprint density at radius 1 is 0.403 bits per heavy atom. The number of carbonyl (C=O) groups excluding carboxylic acids is 2.